The number of Topliss-reactive ketones (excluding diaryl/α,β-unsaturated/α-hetero) is 1. The Morgan fingerprint density at radius 3 is 2.03 bits per heavy atom. The molecule has 87 heavy (non-hydrogen) atoms. The summed E-state index contributed by atoms with van der Waals surface area (Å²) in [5.74, 6) is -8.55. The van der Waals surface area contributed by atoms with Gasteiger partial charge in [-0.1, -0.05) is 79.7 Å². The van der Waals surface area contributed by atoms with Crippen LogP contribution in [0.3, 0.4) is 0 Å². The molecule has 11 amide bonds. The number of nitrogens with two attached hydrogens (primary N) is 4. The molecule has 18 N–H and O–H groups in total. The van der Waals surface area contributed by atoms with Crippen LogP contribution < -0.4 is 75.5 Å². The second-order valence-electron chi connectivity index (χ2n) is 24.8. The molecule has 1 saturated heterocycles. The van der Waals surface area contributed by atoms with Gasteiger partial charge in [0.25, 0.3) is 0 Å². The lowest BCUT2D eigenvalue weighted by atomic mass is 9.66. The molecule has 2 saturated carbocycles. The van der Waals surface area contributed by atoms with Gasteiger partial charge in [-0.3, -0.25) is 62.9 Å². The van der Waals surface area contributed by atoms with Gasteiger partial charge in [0.05, 0.1) is 31.7 Å². The number of primary amides is 3. The van der Waals surface area contributed by atoms with Crippen molar-refractivity contribution >= 4 is 92.9 Å². The number of ether oxygens (including phenoxy) is 1. The summed E-state index contributed by atoms with van der Waals surface area (Å²) in [6.45, 7) is 11.7. The van der Waals surface area contributed by atoms with Crippen molar-refractivity contribution in [2.45, 2.75) is 202 Å². The maximum atomic E-state index is 15.5. The van der Waals surface area contributed by atoms with Gasteiger partial charge in [0.2, 0.25) is 65.5 Å². The molecule has 29 heteroatoms. The number of rotatable bonds is 24. The van der Waals surface area contributed by atoms with E-state index < -0.39 is 161 Å². The van der Waals surface area contributed by atoms with E-state index in [4.69, 9.17) is 27.7 Å². The fourth-order valence-corrected chi connectivity index (χ4v) is 14.2. The fourth-order valence-electron chi connectivity index (χ4n) is 11.4. The summed E-state index contributed by atoms with van der Waals surface area (Å²) in [5, 5.41) is 34.1. The molecule has 2 aliphatic carbocycles. The number of carbonyl (C=O) groups excluding carboxylic acids is 12. The van der Waals surface area contributed by atoms with Gasteiger partial charge in [0.1, 0.15) is 54.1 Å². The third-order valence-corrected chi connectivity index (χ3v) is 20.3. The van der Waals surface area contributed by atoms with Gasteiger partial charge < -0.3 is 75.3 Å². The number of ketones is 1. The number of fused-ring (bicyclic) bond motifs is 1. The first-order chi connectivity index (χ1) is 40.8. The third kappa shape index (κ3) is 22.8. The van der Waals surface area contributed by atoms with E-state index in [0.717, 1.165) is 73.5 Å². The first-order valence-electron chi connectivity index (χ1n) is 29.7. The molecule has 486 valence electrons. The highest BCUT2D eigenvalue weighted by molar-refractivity contribution is 8.77. The van der Waals surface area contributed by atoms with Crippen LogP contribution in [0.1, 0.15) is 138 Å². The molecule has 0 radical (unpaired) electrons. The van der Waals surface area contributed by atoms with E-state index in [-0.39, 0.29) is 50.7 Å². The maximum Gasteiger partial charge on any atom is 0.245 e. The number of nitrogens with one attached hydrogen (secondary N) is 9. The zero-order valence-electron chi connectivity index (χ0n) is 51.2. The standard InChI is InChI=1S/C58H93N13O14S2/c1-31(2)27-58(8,55(62)84)71-52(81)41(25-34-13-16-35-11-9-10-12-36(35)23-34)67-51(80)40(24-33-14-17-37(18-15-33)85-22-21-59)68-54(83)48-57(6,7)87-86-56(4,5)47(65-30-72)42(74)28-63-39(26-44(61)76)50(79)69-46(32(3)73)53(82)64-29-45(77)66-38(49(78)70-48)19-20-43(60)75/h14-15,17-18,30-32,34-36,38-41,46-48,63,73H,9-13,16,19-29,59H2,1-8H3,(H2,60,75)(H2,61,76)(H2,62,84)(H,64,82)(H,65,72)(H,66,77)(H,67,80)(H,68,83)(H,69,79)(H,70,78)(H,71,81)/t32-,34?,35?,36?,38+,39+,40+,41+,46+,47-,48-,58+/m1/s1. The summed E-state index contributed by atoms with van der Waals surface area (Å²) in [6, 6.07) is -4.09. The summed E-state index contributed by atoms with van der Waals surface area (Å²) in [4.78, 5) is 165. The molecule has 3 aliphatic rings. The smallest absolute Gasteiger partial charge is 0.245 e. The lowest BCUT2D eigenvalue weighted by molar-refractivity contribution is -0.136. The number of hydrogen-bond acceptors (Lipinski definition) is 18. The van der Waals surface area contributed by atoms with Crippen molar-refractivity contribution in [1.82, 2.24) is 47.9 Å². The molecule has 1 aromatic rings. The second kappa shape index (κ2) is 33.7. The summed E-state index contributed by atoms with van der Waals surface area (Å²) >= 11 is 0. The molecule has 0 spiro atoms. The topological polar surface area (TPSA) is 447 Å². The van der Waals surface area contributed by atoms with Crippen LogP contribution in [0.2, 0.25) is 0 Å². The fraction of sp³-hybridized carbons (Fsp3) is 0.690. The summed E-state index contributed by atoms with van der Waals surface area (Å²) < 4.78 is 2.88. The molecule has 4 rings (SSSR count). The van der Waals surface area contributed by atoms with E-state index in [2.05, 4.69) is 47.9 Å². The summed E-state index contributed by atoms with van der Waals surface area (Å²) in [7, 11) is 1.99. The van der Waals surface area contributed by atoms with E-state index in [1.165, 1.54) is 6.92 Å². The minimum atomic E-state index is -1.75. The van der Waals surface area contributed by atoms with Gasteiger partial charge in [-0.15, -0.1) is 0 Å². The quantitative estimate of drug-likeness (QED) is 0.0419. The SMILES string of the molecule is CC(C)C[C@](C)(NC(=O)[C@H](CC1CCC2CCCCC2C1)NC(=O)[C@H](Cc1ccc(OCCN)cc1)NC(=O)[C@H]1NC(=O)[C@H](CCC(N)=O)NC(=O)CNC(=O)[C@H]([C@@H](C)O)NC(=O)[C@H](CC(N)=O)NCC(=O)[C@@H](NC=O)C(C)(C)SSC1(C)C)C(N)=O. The van der Waals surface area contributed by atoms with Crippen LogP contribution in [0.15, 0.2) is 24.3 Å². The van der Waals surface area contributed by atoms with Gasteiger partial charge in [-0.2, -0.15) is 0 Å². The predicted octanol–water partition coefficient (Wildman–Crippen LogP) is -1.37. The molecule has 27 nitrogen and oxygen atoms in total. The molecule has 0 aromatic heterocycles. The molecular formula is C58H93N13O14S2. The number of aliphatic hydroxyl groups excluding tert-OH is 1. The van der Waals surface area contributed by atoms with Crippen molar-refractivity contribution in [2.24, 2.45) is 46.6 Å². The van der Waals surface area contributed by atoms with E-state index >= 15 is 9.59 Å². The minimum absolute atomic E-state index is 0.00755. The molecule has 1 aliphatic heterocycles. The van der Waals surface area contributed by atoms with Crippen LogP contribution in [0, 0.1) is 23.7 Å². The van der Waals surface area contributed by atoms with Crippen molar-refractivity contribution < 1.29 is 67.4 Å². The monoisotopic (exact) mass is 1260 g/mol. The first-order valence-corrected chi connectivity index (χ1v) is 31.8. The van der Waals surface area contributed by atoms with Gasteiger partial charge in [0, 0.05) is 28.9 Å². The highest BCUT2D eigenvalue weighted by Crippen LogP contribution is 2.47. The van der Waals surface area contributed by atoms with Gasteiger partial charge in [-0.05, 0) is 115 Å². The predicted molar refractivity (Wildman–Crippen MR) is 327 cm³/mol. The molecule has 3 unspecified atom stereocenters. The van der Waals surface area contributed by atoms with Gasteiger partial charge in [0.15, 0.2) is 5.78 Å². The van der Waals surface area contributed by atoms with Crippen molar-refractivity contribution in [1.29, 1.82) is 0 Å². The van der Waals surface area contributed by atoms with Gasteiger partial charge >= 0.3 is 0 Å². The molecule has 1 aromatic carbocycles. The molecule has 12 atom stereocenters. The third-order valence-electron chi connectivity index (χ3n) is 16.0. The van der Waals surface area contributed by atoms with Crippen molar-refractivity contribution in [3.8, 4) is 5.75 Å². The number of benzene rings is 1. The maximum absolute atomic E-state index is 15.5. The highest BCUT2D eigenvalue weighted by atomic mass is 33.1. The van der Waals surface area contributed by atoms with E-state index in [1.54, 1.807) is 52.0 Å². The van der Waals surface area contributed by atoms with Crippen LogP contribution in [0.5, 0.6) is 5.75 Å². The highest BCUT2D eigenvalue weighted by Gasteiger charge is 2.46. The van der Waals surface area contributed by atoms with Crippen LogP contribution in [0.4, 0.5) is 0 Å². The Morgan fingerprint density at radius 2 is 1.44 bits per heavy atom. The van der Waals surface area contributed by atoms with Crippen molar-refractivity contribution in [3.05, 3.63) is 29.8 Å². The normalized spacial score (nSPS) is 25.9. The number of hydrogen-bond donors (Lipinski definition) is 14. The number of amides is 11. The Balaban J connectivity index is 1.86. The average molecular weight is 1260 g/mol. The molecular weight excluding hydrogens is 1170 g/mol. The van der Waals surface area contributed by atoms with E-state index in [9.17, 15) is 53.1 Å². The molecule has 3 fully saturated rings. The Morgan fingerprint density at radius 1 is 0.793 bits per heavy atom. The number of aliphatic hydroxyl groups is 1. The zero-order chi connectivity index (χ0) is 65.0. The zero-order valence-corrected chi connectivity index (χ0v) is 52.8. The summed E-state index contributed by atoms with van der Waals surface area (Å²) in [6.07, 6.45) is 4.31. The Bertz CT molecular complexity index is 2610. The van der Waals surface area contributed by atoms with E-state index in [1.807, 2.05) is 13.8 Å². The first kappa shape index (κ1) is 72.9. The lowest BCUT2D eigenvalue weighted by Crippen LogP contribution is -2.64. The van der Waals surface area contributed by atoms with E-state index in [0.29, 0.717) is 23.1 Å². The Labute approximate surface area is 516 Å². The largest absolute Gasteiger partial charge is 0.492 e. The summed E-state index contributed by atoms with van der Waals surface area (Å²) in [5.41, 5.74) is 21.6. The molecule has 1 heterocycles. The van der Waals surface area contributed by atoms with Gasteiger partial charge in [-0.25, -0.2) is 0 Å². The Hall–Kier alpha value is -6.56. The number of carbonyl (C=O) groups is 12. The average Bonchev–Trinajstić information content (AvgIpc) is 1.85. The van der Waals surface area contributed by atoms with Crippen molar-refractivity contribution in [3.63, 3.8) is 0 Å². The Kier molecular flexibility index (Phi) is 28.2. The van der Waals surface area contributed by atoms with Crippen molar-refractivity contribution in [2.75, 3.05) is 26.2 Å². The molecule has 0 bridgehead atoms. The van der Waals surface area contributed by atoms with Crippen LogP contribution in [-0.2, 0) is 64.0 Å². The second-order valence-corrected chi connectivity index (χ2v) is 28.2. The minimum Gasteiger partial charge on any atom is -0.492 e. The van der Waals surface area contributed by atoms with Crippen LogP contribution in [-0.4, -0.2) is 166 Å². The lowest BCUT2D eigenvalue weighted by Gasteiger charge is -2.40. The van der Waals surface area contributed by atoms with Crippen LogP contribution >= 0.6 is 21.6 Å². The van der Waals surface area contributed by atoms with Crippen LogP contribution in [0.25, 0.3) is 0 Å².